The molecule has 3 rings (SSSR count). The van der Waals surface area contributed by atoms with Crippen LogP contribution < -0.4 is 10.1 Å². The Kier molecular flexibility index (Phi) is 6.14. The number of benzene rings is 2. The molecule has 0 aliphatic carbocycles. The lowest BCUT2D eigenvalue weighted by Crippen LogP contribution is -2.19. The number of hydrogen-bond acceptors (Lipinski definition) is 4. The van der Waals surface area contributed by atoms with Crippen molar-refractivity contribution in [3.63, 3.8) is 0 Å². The number of nitrogens with zero attached hydrogens (tertiary/aromatic N) is 1. The molecule has 0 fully saturated rings. The van der Waals surface area contributed by atoms with Crippen molar-refractivity contribution in [1.29, 1.82) is 0 Å². The maximum Gasteiger partial charge on any atom is 0.264 e. The van der Waals surface area contributed by atoms with E-state index in [1.165, 1.54) is 11.3 Å². The number of aryl methyl sites for hydroxylation is 1. The van der Waals surface area contributed by atoms with Crippen molar-refractivity contribution in [2.45, 2.75) is 13.3 Å². The van der Waals surface area contributed by atoms with Crippen molar-refractivity contribution >= 4 is 45.6 Å². The summed E-state index contributed by atoms with van der Waals surface area (Å²) in [6.07, 6.45) is 2.32. The van der Waals surface area contributed by atoms with E-state index < -0.39 is 0 Å². The first-order chi connectivity index (χ1) is 12.5. The van der Waals surface area contributed by atoms with Gasteiger partial charge in [-0.1, -0.05) is 40.9 Å². The third-order valence-electron chi connectivity index (χ3n) is 3.56. The van der Waals surface area contributed by atoms with Crippen LogP contribution in [0.5, 0.6) is 5.75 Å². The van der Waals surface area contributed by atoms with Gasteiger partial charge in [0.2, 0.25) is 0 Å². The summed E-state index contributed by atoms with van der Waals surface area (Å²) in [5.74, 6) is 0.397. The number of nitrogens with one attached hydrogen (secondary N) is 1. The van der Waals surface area contributed by atoms with Crippen LogP contribution in [-0.4, -0.2) is 17.5 Å². The van der Waals surface area contributed by atoms with E-state index in [4.69, 9.17) is 27.9 Å². The third-order valence-corrected chi connectivity index (χ3v) is 5.08. The normalized spacial score (nSPS) is 10.6. The maximum atomic E-state index is 12.0. The van der Waals surface area contributed by atoms with E-state index in [-0.39, 0.29) is 12.5 Å². The molecule has 0 radical (unpaired) electrons. The Morgan fingerprint density at radius 2 is 1.96 bits per heavy atom. The second-order valence-corrected chi connectivity index (χ2v) is 7.65. The monoisotopic (exact) mass is 406 g/mol. The zero-order valence-corrected chi connectivity index (χ0v) is 16.3. The van der Waals surface area contributed by atoms with Crippen LogP contribution in [0.15, 0.2) is 48.7 Å². The fourth-order valence-corrected chi connectivity index (χ4v) is 3.48. The molecule has 0 spiro atoms. The number of anilines is 1. The maximum absolute atomic E-state index is 12.0. The van der Waals surface area contributed by atoms with E-state index in [1.807, 2.05) is 37.3 Å². The van der Waals surface area contributed by atoms with Crippen molar-refractivity contribution in [3.05, 3.63) is 74.7 Å². The van der Waals surface area contributed by atoms with Crippen molar-refractivity contribution in [2.75, 3.05) is 11.9 Å². The molecule has 2 aromatic carbocycles. The molecule has 1 N–H and O–H groups in total. The average molecular weight is 407 g/mol. The Bertz CT molecular complexity index is 910. The topological polar surface area (TPSA) is 51.2 Å². The van der Waals surface area contributed by atoms with E-state index in [0.29, 0.717) is 27.3 Å². The molecule has 0 atom stereocenters. The summed E-state index contributed by atoms with van der Waals surface area (Å²) < 4.78 is 5.46. The average Bonchev–Trinajstić information content (AvgIpc) is 3.04. The van der Waals surface area contributed by atoms with Gasteiger partial charge in [-0.05, 0) is 42.8 Å². The molecule has 7 heteroatoms. The summed E-state index contributed by atoms with van der Waals surface area (Å²) in [5.41, 5.74) is 2.06. The predicted octanol–water partition coefficient (Wildman–Crippen LogP) is 5.37. The number of thiazole rings is 1. The highest BCUT2D eigenvalue weighted by Crippen LogP contribution is 2.27. The largest absolute Gasteiger partial charge is 0.484 e. The molecule has 1 heterocycles. The van der Waals surface area contributed by atoms with Crippen molar-refractivity contribution in [3.8, 4) is 5.75 Å². The van der Waals surface area contributed by atoms with Gasteiger partial charge >= 0.3 is 0 Å². The summed E-state index contributed by atoms with van der Waals surface area (Å²) in [6, 6.07) is 12.9. The molecule has 134 valence electrons. The van der Waals surface area contributed by atoms with Crippen molar-refractivity contribution in [2.24, 2.45) is 0 Å². The first-order valence-electron chi connectivity index (χ1n) is 7.87. The first-order valence-corrected chi connectivity index (χ1v) is 9.45. The van der Waals surface area contributed by atoms with E-state index >= 15 is 0 Å². The Hall–Kier alpha value is -2.08. The number of rotatable bonds is 6. The zero-order valence-electron chi connectivity index (χ0n) is 14.0. The third kappa shape index (κ3) is 5.21. The summed E-state index contributed by atoms with van der Waals surface area (Å²) >= 11 is 13.6. The smallest absolute Gasteiger partial charge is 0.264 e. The van der Waals surface area contributed by atoms with Gasteiger partial charge in [0.25, 0.3) is 5.91 Å². The van der Waals surface area contributed by atoms with Crippen LogP contribution in [0.3, 0.4) is 0 Å². The molecule has 0 unspecified atom stereocenters. The molecule has 0 saturated heterocycles. The molecule has 26 heavy (non-hydrogen) atoms. The van der Waals surface area contributed by atoms with Gasteiger partial charge in [0.1, 0.15) is 5.75 Å². The Balaban J connectivity index is 1.55. The Morgan fingerprint density at radius 1 is 1.19 bits per heavy atom. The van der Waals surface area contributed by atoms with Gasteiger partial charge in [0.05, 0.1) is 0 Å². The van der Waals surface area contributed by atoms with Crippen molar-refractivity contribution < 1.29 is 9.53 Å². The second kappa shape index (κ2) is 8.54. The van der Waals surface area contributed by atoms with Crippen LogP contribution in [0.2, 0.25) is 10.0 Å². The number of aromatic nitrogens is 1. The molecular weight excluding hydrogens is 391 g/mol. The van der Waals surface area contributed by atoms with E-state index in [1.54, 1.807) is 18.3 Å². The van der Waals surface area contributed by atoms with Gasteiger partial charge in [-0.2, -0.15) is 0 Å². The first kappa shape index (κ1) is 18.7. The lowest BCUT2D eigenvalue weighted by molar-refractivity contribution is -0.118. The van der Waals surface area contributed by atoms with Gasteiger partial charge in [-0.15, -0.1) is 11.3 Å². The van der Waals surface area contributed by atoms with Crippen LogP contribution in [0.1, 0.15) is 16.0 Å². The highest BCUT2D eigenvalue weighted by Gasteiger charge is 2.10. The minimum atomic E-state index is -0.257. The number of amides is 1. The number of halogens is 2. The second-order valence-electron chi connectivity index (χ2n) is 5.69. The summed E-state index contributed by atoms with van der Waals surface area (Å²) in [4.78, 5) is 17.2. The molecule has 1 amide bonds. The van der Waals surface area contributed by atoms with Gasteiger partial charge in [0, 0.05) is 27.5 Å². The SMILES string of the molecule is Cc1ccc(OCC(=O)Nc2ncc(Cc3cc(Cl)ccc3Cl)s2)cc1. The molecule has 0 aliphatic rings. The zero-order chi connectivity index (χ0) is 18.5. The molecule has 0 aliphatic heterocycles. The van der Waals surface area contributed by atoms with Gasteiger partial charge < -0.3 is 4.74 Å². The van der Waals surface area contributed by atoms with Crippen LogP contribution in [0.25, 0.3) is 0 Å². The van der Waals surface area contributed by atoms with E-state index in [2.05, 4.69) is 10.3 Å². The highest BCUT2D eigenvalue weighted by atomic mass is 35.5. The molecule has 4 nitrogen and oxygen atoms in total. The summed E-state index contributed by atoms with van der Waals surface area (Å²) in [6.45, 7) is 1.92. The molecule has 3 aromatic rings. The lowest BCUT2D eigenvalue weighted by atomic mass is 10.1. The Morgan fingerprint density at radius 3 is 2.73 bits per heavy atom. The molecule has 0 bridgehead atoms. The number of carbonyl (C=O) groups is 1. The van der Waals surface area contributed by atoms with Gasteiger partial charge in [0.15, 0.2) is 11.7 Å². The standard InChI is InChI=1S/C19H16Cl2N2O2S/c1-12-2-5-15(6-3-12)25-11-18(24)23-19-22-10-16(26-19)9-13-8-14(20)4-7-17(13)21/h2-8,10H,9,11H2,1H3,(H,22,23,24). The minimum absolute atomic E-state index is 0.0713. The minimum Gasteiger partial charge on any atom is -0.484 e. The van der Waals surface area contributed by atoms with Crippen molar-refractivity contribution in [1.82, 2.24) is 4.98 Å². The summed E-state index contributed by atoms with van der Waals surface area (Å²) in [7, 11) is 0. The highest BCUT2D eigenvalue weighted by molar-refractivity contribution is 7.15. The van der Waals surface area contributed by atoms with E-state index in [9.17, 15) is 4.79 Å². The van der Waals surface area contributed by atoms with Crippen LogP contribution in [0, 0.1) is 6.92 Å². The van der Waals surface area contributed by atoms with Crippen LogP contribution in [0.4, 0.5) is 5.13 Å². The number of hydrogen-bond donors (Lipinski definition) is 1. The predicted molar refractivity (Wildman–Crippen MR) is 107 cm³/mol. The fourth-order valence-electron chi connectivity index (χ4n) is 2.25. The Labute approximate surface area is 165 Å². The molecule has 1 aromatic heterocycles. The fraction of sp³-hybridized carbons (Fsp3) is 0.158. The number of ether oxygens (including phenoxy) is 1. The molecular formula is C19H16Cl2N2O2S. The van der Waals surface area contributed by atoms with Gasteiger partial charge in [-0.3, -0.25) is 10.1 Å². The summed E-state index contributed by atoms with van der Waals surface area (Å²) in [5, 5.41) is 4.55. The quantitative estimate of drug-likeness (QED) is 0.598. The van der Waals surface area contributed by atoms with Gasteiger partial charge in [-0.25, -0.2) is 4.98 Å². The van der Waals surface area contributed by atoms with Crippen LogP contribution in [-0.2, 0) is 11.2 Å². The van der Waals surface area contributed by atoms with E-state index in [0.717, 1.165) is 16.0 Å². The molecule has 0 saturated carbocycles. The lowest BCUT2D eigenvalue weighted by Gasteiger charge is -2.06. The van der Waals surface area contributed by atoms with Crippen LogP contribution >= 0.6 is 34.5 Å². The number of carbonyl (C=O) groups excluding carboxylic acids is 1.